The van der Waals surface area contributed by atoms with E-state index in [4.69, 9.17) is 4.74 Å². The van der Waals surface area contributed by atoms with Crippen molar-refractivity contribution < 1.29 is 9.53 Å². The van der Waals surface area contributed by atoms with Crippen LogP contribution in [0.2, 0.25) is 0 Å². The molecular formula is C9H18N2O2. The molecule has 0 aliphatic rings. The Morgan fingerprint density at radius 2 is 1.77 bits per heavy atom. The molecule has 0 aromatic heterocycles. The van der Waals surface area contributed by atoms with E-state index in [1.807, 2.05) is 20.8 Å². The Balaban J connectivity index is 4.29. The molecule has 0 aromatic carbocycles. The summed E-state index contributed by atoms with van der Waals surface area (Å²) in [5.41, 5.74) is -0.0971. The summed E-state index contributed by atoms with van der Waals surface area (Å²) in [6, 6.07) is 0. The third-order valence-corrected chi connectivity index (χ3v) is 1.04. The first-order valence-electron chi connectivity index (χ1n) is 4.18. The Hall–Kier alpha value is -1.06. The van der Waals surface area contributed by atoms with Crippen LogP contribution in [0.15, 0.2) is 5.10 Å². The summed E-state index contributed by atoms with van der Waals surface area (Å²) in [5.74, 6) is -0.374. The zero-order valence-electron chi connectivity index (χ0n) is 9.21. The second kappa shape index (κ2) is 4.25. The van der Waals surface area contributed by atoms with Crippen LogP contribution in [0.5, 0.6) is 0 Å². The minimum atomic E-state index is -0.458. The summed E-state index contributed by atoms with van der Waals surface area (Å²) in [4.78, 5) is 11.3. The second-order valence-corrected chi connectivity index (χ2v) is 4.03. The number of hydrogen-bond acceptors (Lipinski definition) is 4. The van der Waals surface area contributed by atoms with E-state index in [0.717, 1.165) is 0 Å². The van der Waals surface area contributed by atoms with Crippen molar-refractivity contribution in [3.8, 4) is 0 Å². The van der Waals surface area contributed by atoms with Crippen molar-refractivity contribution in [3.05, 3.63) is 0 Å². The number of carbonyl (C=O) groups excluding carboxylic acids is 1. The highest BCUT2D eigenvalue weighted by atomic mass is 16.6. The van der Waals surface area contributed by atoms with Gasteiger partial charge in [0, 0.05) is 14.1 Å². The van der Waals surface area contributed by atoms with Crippen molar-refractivity contribution in [1.82, 2.24) is 5.01 Å². The Bertz CT molecular complexity index is 214. The van der Waals surface area contributed by atoms with E-state index in [0.29, 0.717) is 5.71 Å². The standard InChI is InChI=1S/C9H18N2O2/c1-7(10-11(5)6)8(12)13-9(2,3)4/h1-6H3/b10-7+. The molecule has 0 heterocycles. The zero-order chi connectivity index (χ0) is 10.6. The van der Waals surface area contributed by atoms with Gasteiger partial charge in [0.25, 0.3) is 0 Å². The fourth-order valence-electron chi connectivity index (χ4n) is 0.693. The van der Waals surface area contributed by atoms with Crippen LogP contribution in [-0.2, 0) is 9.53 Å². The molecule has 0 amide bonds. The first-order chi connectivity index (χ1) is 5.72. The summed E-state index contributed by atoms with van der Waals surface area (Å²) in [5, 5.41) is 5.51. The number of carbonyl (C=O) groups is 1. The van der Waals surface area contributed by atoms with Gasteiger partial charge >= 0.3 is 5.97 Å². The normalized spacial score (nSPS) is 12.6. The smallest absolute Gasteiger partial charge is 0.354 e. The van der Waals surface area contributed by atoms with Crippen molar-refractivity contribution in [2.24, 2.45) is 5.10 Å². The molecule has 0 atom stereocenters. The molecule has 0 unspecified atom stereocenters. The molecule has 0 spiro atoms. The lowest BCUT2D eigenvalue weighted by Crippen LogP contribution is -2.28. The summed E-state index contributed by atoms with van der Waals surface area (Å²) in [6.07, 6.45) is 0. The highest BCUT2D eigenvalue weighted by Gasteiger charge is 2.18. The van der Waals surface area contributed by atoms with E-state index in [9.17, 15) is 4.79 Å². The van der Waals surface area contributed by atoms with Crippen molar-refractivity contribution in [2.45, 2.75) is 33.3 Å². The maximum Gasteiger partial charge on any atom is 0.354 e. The molecular weight excluding hydrogens is 168 g/mol. The minimum Gasteiger partial charge on any atom is -0.455 e. The molecule has 0 saturated carbocycles. The maximum absolute atomic E-state index is 11.3. The monoisotopic (exact) mass is 186 g/mol. The van der Waals surface area contributed by atoms with Gasteiger partial charge in [-0.2, -0.15) is 5.10 Å². The lowest BCUT2D eigenvalue weighted by atomic mass is 10.2. The van der Waals surface area contributed by atoms with E-state index in [1.54, 1.807) is 26.0 Å². The van der Waals surface area contributed by atoms with E-state index >= 15 is 0 Å². The number of esters is 1. The second-order valence-electron chi connectivity index (χ2n) is 4.03. The number of ether oxygens (including phenoxy) is 1. The lowest BCUT2D eigenvalue weighted by molar-refractivity contribution is -0.146. The summed E-state index contributed by atoms with van der Waals surface area (Å²) < 4.78 is 5.10. The van der Waals surface area contributed by atoms with Gasteiger partial charge in [0.2, 0.25) is 0 Å². The van der Waals surface area contributed by atoms with E-state index in [2.05, 4.69) is 5.10 Å². The first kappa shape index (κ1) is 11.9. The average Bonchev–Trinajstić information content (AvgIpc) is 1.81. The van der Waals surface area contributed by atoms with Crippen LogP contribution in [0.4, 0.5) is 0 Å². The molecule has 76 valence electrons. The van der Waals surface area contributed by atoms with Crippen LogP contribution in [-0.4, -0.2) is 36.4 Å². The first-order valence-corrected chi connectivity index (χ1v) is 4.18. The quantitative estimate of drug-likeness (QED) is 0.370. The molecule has 0 fully saturated rings. The predicted molar refractivity (Wildman–Crippen MR) is 52.6 cm³/mol. The van der Waals surface area contributed by atoms with Gasteiger partial charge in [0.15, 0.2) is 0 Å². The molecule has 0 saturated heterocycles. The average molecular weight is 186 g/mol. The van der Waals surface area contributed by atoms with Crippen LogP contribution in [0, 0.1) is 0 Å². The van der Waals surface area contributed by atoms with Crippen LogP contribution in [0.25, 0.3) is 0 Å². The van der Waals surface area contributed by atoms with Crippen LogP contribution in [0.3, 0.4) is 0 Å². The van der Waals surface area contributed by atoms with E-state index in [-0.39, 0.29) is 5.97 Å². The number of rotatable bonds is 2. The third kappa shape index (κ3) is 6.13. The number of hydrogen-bond donors (Lipinski definition) is 0. The predicted octanol–water partition coefficient (Wildman–Crippen LogP) is 1.27. The lowest BCUT2D eigenvalue weighted by Gasteiger charge is -2.19. The van der Waals surface area contributed by atoms with Crippen molar-refractivity contribution in [2.75, 3.05) is 14.1 Å². The fourth-order valence-corrected chi connectivity index (χ4v) is 0.693. The fraction of sp³-hybridized carbons (Fsp3) is 0.778. The van der Waals surface area contributed by atoms with Gasteiger partial charge in [-0.05, 0) is 27.7 Å². The number of hydrazone groups is 1. The van der Waals surface area contributed by atoms with Gasteiger partial charge in [0.1, 0.15) is 11.3 Å². The SMILES string of the molecule is C/C(=N\N(C)C)C(=O)OC(C)(C)C. The van der Waals surface area contributed by atoms with Crippen molar-refractivity contribution in [3.63, 3.8) is 0 Å². The molecule has 0 radical (unpaired) electrons. The molecule has 0 bridgehead atoms. The summed E-state index contributed by atoms with van der Waals surface area (Å²) >= 11 is 0. The van der Waals surface area contributed by atoms with Gasteiger partial charge in [-0.15, -0.1) is 0 Å². The summed E-state index contributed by atoms with van der Waals surface area (Å²) in [6.45, 7) is 7.11. The van der Waals surface area contributed by atoms with Crippen LogP contribution >= 0.6 is 0 Å². The summed E-state index contributed by atoms with van der Waals surface area (Å²) in [7, 11) is 3.52. The van der Waals surface area contributed by atoms with Gasteiger partial charge in [-0.3, -0.25) is 0 Å². The Labute approximate surface area is 79.6 Å². The van der Waals surface area contributed by atoms with E-state index < -0.39 is 5.60 Å². The van der Waals surface area contributed by atoms with Crippen molar-refractivity contribution in [1.29, 1.82) is 0 Å². The Morgan fingerprint density at radius 3 is 2.08 bits per heavy atom. The molecule has 4 heteroatoms. The van der Waals surface area contributed by atoms with Crippen LogP contribution in [0.1, 0.15) is 27.7 Å². The largest absolute Gasteiger partial charge is 0.455 e. The zero-order valence-corrected chi connectivity index (χ0v) is 9.21. The van der Waals surface area contributed by atoms with E-state index in [1.165, 1.54) is 0 Å². The van der Waals surface area contributed by atoms with Crippen molar-refractivity contribution >= 4 is 11.7 Å². The molecule has 0 aliphatic carbocycles. The minimum absolute atomic E-state index is 0.361. The molecule has 0 aliphatic heterocycles. The molecule has 13 heavy (non-hydrogen) atoms. The Morgan fingerprint density at radius 1 is 1.31 bits per heavy atom. The van der Waals surface area contributed by atoms with Crippen LogP contribution < -0.4 is 0 Å². The third-order valence-electron chi connectivity index (χ3n) is 1.04. The van der Waals surface area contributed by atoms with Gasteiger partial charge in [0.05, 0.1) is 0 Å². The van der Waals surface area contributed by atoms with Gasteiger partial charge in [-0.25, -0.2) is 4.79 Å². The molecule has 0 aromatic rings. The highest BCUT2D eigenvalue weighted by Crippen LogP contribution is 2.07. The molecule has 4 nitrogen and oxygen atoms in total. The number of nitrogens with zero attached hydrogens (tertiary/aromatic N) is 2. The maximum atomic E-state index is 11.3. The highest BCUT2D eigenvalue weighted by molar-refractivity contribution is 6.35. The Kier molecular flexibility index (Phi) is 3.91. The topological polar surface area (TPSA) is 41.9 Å². The van der Waals surface area contributed by atoms with Gasteiger partial charge in [-0.1, -0.05) is 0 Å². The van der Waals surface area contributed by atoms with Gasteiger partial charge < -0.3 is 9.75 Å². The molecule has 0 rings (SSSR count). The molecule has 0 N–H and O–H groups in total.